The van der Waals surface area contributed by atoms with Gasteiger partial charge < -0.3 is 13.9 Å². The van der Waals surface area contributed by atoms with Gasteiger partial charge in [0.1, 0.15) is 0 Å². The van der Waals surface area contributed by atoms with E-state index in [9.17, 15) is 19.7 Å². The van der Waals surface area contributed by atoms with Crippen molar-refractivity contribution in [1.82, 2.24) is 10.2 Å². The fraction of sp³-hybridized carbons (Fsp3) is 0.176. The molecule has 0 bridgehead atoms. The smallest absolute Gasteiger partial charge is 0.339 e. The van der Waals surface area contributed by atoms with Crippen molar-refractivity contribution in [3.8, 4) is 10.8 Å². The van der Waals surface area contributed by atoms with Crippen molar-refractivity contribution in [2.24, 2.45) is 0 Å². The number of thiophene rings is 1. The van der Waals surface area contributed by atoms with E-state index in [1.54, 1.807) is 6.07 Å². The Hall–Kier alpha value is -3.60. The molecular formula is C17H13N3O7S. The summed E-state index contributed by atoms with van der Waals surface area (Å²) in [6.07, 6.45) is -0.908. The highest BCUT2D eigenvalue weighted by molar-refractivity contribution is 7.13. The molecule has 1 unspecified atom stereocenters. The van der Waals surface area contributed by atoms with Gasteiger partial charge in [0.25, 0.3) is 17.5 Å². The van der Waals surface area contributed by atoms with E-state index >= 15 is 0 Å². The van der Waals surface area contributed by atoms with Gasteiger partial charge in [0.2, 0.25) is 0 Å². The lowest BCUT2D eigenvalue weighted by molar-refractivity contribution is -0.384. The highest BCUT2D eigenvalue weighted by Gasteiger charge is 2.23. The first-order chi connectivity index (χ1) is 13.4. The molecule has 2 aromatic heterocycles. The number of ether oxygens (including phenoxy) is 2. The van der Waals surface area contributed by atoms with Gasteiger partial charge in [0.15, 0.2) is 6.10 Å². The summed E-state index contributed by atoms with van der Waals surface area (Å²) >= 11 is 1.41. The van der Waals surface area contributed by atoms with E-state index in [0.29, 0.717) is 0 Å². The molecule has 2 heterocycles. The maximum atomic E-state index is 12.4. The summed E-state index contributed by atoms with van der Waals surface area (Å²) in [6, 6.07) is 6.80. The number of nitrogens with zero attached hydrogens (tertiary/aromatic N) is 3. The van der Waals surface area contributed by atoms with Crippen molar-refractivity contribution < 1.29 is 28.4 Å². The third-order valence-electron chi connectivity index (χ3n) is 3.59. The molecule has 0 radical (unpaired) electrons. The number of nitro benzene ring substituents is 1. The van der Waals surface area contributed by atoms with Crippen LogP contribution in [0.4, 0.5) is 5.69 Å². The molecule has 11 heteroatoms. The predicted molar refractivity (Wildman–Crippen MR) is 95.9 cm³/mol. The Balaban J connectivity index is 1.81. The van der Waals surface area contributed by atoms with Crippen LogP contribution in [0.25, 0.3) is 10.8 Å². The first-order valence-corrected chi connectivity index (χ1v) is 8.73. The van der Waals surface area contributed by atoms with Crippen LogP contribution < -0.4 is 0 Å². The first-order valence-electron chi connectivity index (χ1n) is 7.85. The van der Waals surface area contributed by atoms with E-state index < -0.39 is 28.7 Å². The van der Waals surface area contributed by atoms with Gasteiger partial charge in [-0.1, -0.05) is 6.07 Å². The Morgan fingerprint density at radius 2 is 1.93 bits per heavy atom. The molecule has 28 heavy (non-hydrogen) atoms. The fourth-order valence-corrected chi connectivity index (χ4v) is 2.89. The average Bonchev–Trinajstić information content (AvgIpc) is 3.38. The Morgan fingerprint density at radius 1 is 1.21 bits per heavy atom. The van der Waals surface area contributed by atoms with Gasteiger partial charge in [-0.2, -0.15) is 0 Å². The molecule has 0 saturated heterocycles. The molecule has 0 aliphatic carbocycles. The van der Waals surface area contributed by atoms with Gasteiger partial charge in [-0.25, -0.2) is 9.59 Å². The van der Waals surface area contributed by atoms with Crippen LogP contribution in [0.3, 0.4) is 0 Å². The van der Waals surface area contributed by atoms with Gasteiger partial charge in [-0.05, 0) is 24.4 Å². The molecule has 0 fully saturated rings. The van der Waals surface area contributed by atoms with Crippen molar-refractivity contribution >= 4 is 29.0 Å². The second kappa shape index (κ2) is 7.96. The van der Waals surface area contributed by atoms with E-state index in [4.69, 9.17) is 9.15 Å². The zero-order chi connectivity index (χ0) is 20.3. The summed E-state index contributed by atoms with van der Waals surface area (Å²) in [6.45, 7) is 1.52. The fourth-order valence-electron chi connectivity index (χ4n) is 2.25. The number of rotatable bonds is 6. The van der Waals surface area contributed by atoms with Crippen molar-refractivity contribution in [3.63, 3.8) is 0 Å². The maximum Gasteiger partial charge on any atom is 0.339 e. The van der Waals surface area contributed by atoms with E-state index in [1.165, 1.54) is 18.3 Å². The van der Waals surface area contributed by atoms with Crippen LogP contribution in [0.15, 0.2) is 40.1 Å². The Bertz CT molecular complexity index is 1030. The lowest BCUT2D eigenvalue weighted by Crippen LogP contribution is -2.12. The van der Waals surface area contributed by atoms with Crippen LogP contribution in [-0.2, 0) is 9.47 Å². The second-order valence-electron chi connectivity index (χ2n) is 5.49. The van der Waals surface area contributed by atoms with Crippen LogP contribution in [-0.4, -0.2) is 34.2 Å². The number of carbonyl (C=O) groups excluding carboxylic acids is 2. The topological polar surface area (TPSA) is 135 Å². The molecule has 0 aliphatic rings. The van der Waals surface area contributed by atoms with E-state index in [-0.39, 0.29) is 22.9 Å². The van der Waals surface area contributed by atoms with Crippen molar-refractivity contribution in [2.75, 3.05) is 7.11 Å². The normalized spacial score (nSPS) is 11.6. The minimum Gasteiger partial charge on any atom is -0.465 e. The monoisotopic (exact) mass is 403 g/mol. The number of benzene rings is 1. The van der Waals surface area contributed by atoms with E-state index in [1.807, 2.05) is 11.4 Å². The molecule has 0 spiro atoms. The second-order valence-corrected chi connectivity index (χ2v) is 6.44. The Labute approximate surface area is 161 Å². The molecule has 0 aliphatic heterocycles. The zero-order valence-electron chi connectivity index (χ0n) is 14.6. The lowest BCUT2D eigenvalue weighted by atomic mass is 10.1. The summed E-state index contributed by atoms with van der Waals surface area (Å²) in [7, 11) is 1.13. The zero-order valence-corrected chi connectivity index (χ0v) is 15.5. The SMILES string of the molecule is COC(=O)c1cc(C(=O)OC(C)c2nnc(-c3cccs3)o2)cc([N+](=O)[O-])c1. The molecule has 3 aromatic rings. The highest BCUT2D eigenvalue weighted by Crippen LogP contribution is 2.27. The molecule has 144 valence electrons. The van der Waals surface area contributed by atoms with Crippen molar-refractivity contribution in [3.05, 3.63) is 62.8 Å². The standard InChI is InChI=1S/C17H13N3O7S/c1-9(14-18-19-15(27-14)13-4-3-5-28-13)26-17(22)11-6-10(16(21)25-2)7-12(8-11)20(23)24/h3-9H,1-2H3. The molecule has 1 aromatic carbocycles. The van der Waals surface area contributed by atoms with E-state index in [0.717, 1.165) is 30.2 Å². The van der Waals surface area contributed by atoms with Crippen molar-refractivity contribution in [1.29, 1.82) is 0 Å². The summed E-state index contributed by atoms with van der Waals surface area (Å²) in [4.78, 5) is 35.2. The van der Waals surface area contributed by atoms with Gasteiger partial charge in [-0.15, -0.1) is 21.5 Å². The maximum absolute atomic E-state index is 12.4. The molecule has 10 nitrogen and oxygen atoms in total. The van der Waals surface area contributed by atoms with Crippen LogP contribution in [0.5, 0.6) is 0 Å². The molecule has 0 amide bonds. The number of methoxy groups -OCH3 is 1. The van der Waals surface area contributed by atoms with Gasteiger partial charge in [0.05, 0.1) is 28.0 Å². The molecule has 1 atom stereocenters. The number of hydrogen-bond donors (Lipinski definition) is 0. The minimum absolute atomic E-state index is 0.0652. The summed E-state index contributed by atoms with van der Waals surface area (Å²) < 4.78 is 15.3. The molecule has 3 rings (SSSR count). The molecular weight excluding hydrogens is 390 g/mol. The van der Waals surface area contributed by atoms with Crippen molar-refractivity contribution in [2.45, 2.75) is 13.0 Å². The number of aromatic nitrogens is 2. The Morgan fingerprint density at radius 3 is 2.54 bits per heavy atom. The minimum atomic E-state index is -0.908. The number of esters is 2. The van der Waals surface area contributed by atoms with Crippen LogP contribution in [0, 0.1) is 10.1 Å². The largest absolute Gasteiger partial charge is 0.465 e. The summed E-state index contributed by atoms with van der Waals surface area (Å²) in [5, 5.41) is 20.7. The number of carbonyl (C=O) groups is 2. The van der Waals surface area contributed by atoms with Gasteiger partial charge >= 0.3 is 11.9 Å². The van der Waals surface area contributed by atoms with Gasteiger partial charge in [-0.3, -0.25) is 10.1 Å². The predicted octanol–water partition coefficient (Wildman–Crippen LogP) is 3.41. The lowest BCUT2D eigenvalue weighted by Gasteiger charge is -2.10. The molecule has 0 N–H and O–H groups in total. The quantitative estimate of drug-likeness (QED) is 0.344. The average molecular weight is 403 g/mol. The summed E-state index contributed by atoms with van der Waals surface area (Å²) in [5.41, 5.74) is -0.770. The number of hydrogen-bond acceptors (Lipinski definition) is 10. The highest BCUT2D eigenvalue weighted by atomic mass is 32.1. The van der Waals surface area contributed by atoms with E-state index in [2.05, 4.69) is 14.9 Å². The van der Waals surface area contributed by atoms with Crippen LogP contribution >= 0.6 is 11.3 Å². The van der Waals surface area contributed by atoms with Crippen LogP contribution in [0.1, 0.15) is 39.6 Å². The first kappa shape index (κ1) is 19.2. The van der Waals surface area contributed by atoms with Gasteiger partial charge in [0, 0.05) is 12.1 Å². The van der Waals surface area contributed by atoms with Crippen LogP contribution in [0.2, 0.25) is 0 Å². The number of non-ortho nitro benzene ring substituents is 1. The third kappa shape index (κ3) is 4.04. The Kier molecular flexibility index (Phi) is 5.45. The number of nitro groups is 1. The summed E-state index contributed by atoms with van der Waals surface area (Å²) in [5.74, 6) is -1.35. The molecule has 0 saturated carbocycles. The third-order valence-corrected chi connectivity index (χ3v) is 4.45.